The van der Waals surface area contributed by atoms with Gasteiger partial charge in [-0.3, -0.25) is 14.6 Å². The quantitative estimate of drug-likeness (QED) is 0.614. The molecule has 2 heterocycles. The minimum Gasteiger partial charge on any atom is -0.366 e. The zero-order valence-corrected chi connectivity index (χ0v) is 16.8. The molecular formula is C23H19F3N4O2. The molecule has 164 valence electrons. The van der Waals surface area contributed by atoms with Gasteiger partial charge in [-0.15, -0.1) is 0 Å². The molecule has 1 aliphatic carbocycles. The number of nitrogens with two attached hydrogens (primary N) is 1. The first kappa shape index (κ1) is 21.5. The molecule has 2 aromatic heterocycles. The summed E-state index contributed by atoms with van der Waals surface area (Å²) < 4.78 is 41.4. The number of nitrogens with zero attached hydrogens (tertiary/aromatic N) is 2. The van der Waals surface area contributed by atoms with Gasteiger partial charge in [-0.2, -0.15) is 0 Å². The van der Waals surface area contributed by atoms with Crippen molar-refractivity contribution >= 4 is 17.6 Å². The Balaban J connectivity index is 1.75. The lowest BCUT2D eigenvalue weighted by molar-refractivity contribution is -0.120. The Morgan fingerprint density at radius 1 is 1.12 bits per heavy atom. The van der Waals surface area contributed by atoms with E-state index in [1.54, 1.807) is 24.3 Å². The lowest BCUT2D eigenvalue weighted by Gasteiger charge is -2.16. The van der Waals surface area contributed by atoms with Crippen molar-refractivity contribution < 1.29 is 22.8 Å². The molecule has 1 fully saturated rings. The van der Waals surface area contributed by atoms with Crippen LogP contribution in [0.5, 0.6) is 0 Å². The SMILES string of the molecule is NC(=O)c1ccnc(NC(=O)C2CCC(F)(F)C2)c1-c1cncc(-c2ccccc2F)c1. The molecule has 0 radical (unpaired) electrons. The molecule has 6 nitrogen and oxygen atoms in total. The minimum atomic E-state index is -2.88. The number of primary amides is 1. The highest BCUT2D eigenvalue weighted by Crippen LogP contribution is 2.40. The van der Waals surface area contributed by atoms with E-state index in [9.17, 15) is 22.8 Å². The van der Waals surface area contributed by atoms with Gasteiger partial charge in [0.25, 0.3) is 0 Å². The summed E-state index contributed by atoms with van der Waals surface area (Å²) >= 11 is 0. The van der Waals surface area contributed by atoms with Crippen molar-refractivity contribution in [2.45, 2.75) is 25.2 Å². The summed E-state index contributed by atoms with van der Waals surface area (Å²) in [6, 6.07) is 9.10. The van der Waals surface area contributed by atoms with E-state index in [4.69, 9.17) is 5.73 Å². The maximum absolute atomic E-state index is 14.3. The maximum Gasteiger partial charge on any atom is 0.249 e. The number of benzene rings is 1. The van der Waals surface area contributed by atoms with Crippen molar-refractivity contribution in [3.05, 3.63) is 66.4 Å². The van der Waals surface area contributed by atoms with Crippen molar-refractivity contribution in [1.29, 1.82) is 0 Å². The van der Waals surface area contributed by atoms with E-state index in [1.807, 2.05) is 0 Å². The van der Waals surface area contributed by atoms with E-state index >= 15 is 0 Å². The number of aromatic nitrogens is 2. The Morgan fingerprint density at radius 2 is 1.88 bits per heavy atom. The maximum atomic E-state index is 14.3. The van der Waals surface area contributed by atoms with Crippen LogP contribution >= 0.6 is 0 Å². The van der Waals surface area contributed by atoms with Crippen LogP contribution in [-0.2, 0) is 4.79 Å². The third-order valence-corrected chi connectivity index (χ3v) is 5.44. The number of amides is 2. The predicted molar refractivity (Wildman–Crippen MR) is 112 cm³/mol. The summed E-state index contributed by atoms with van der Waals surface area (Å²) in [5.41, 5.74) is 6.86. The number of halogens is 3. The second-order valence-corrected chi connectivity index (χ2v) is 7.67. The van der Waals surface area contributed by atoms with Crippen LogP contribution < -0.4 is 11.1 Å². The normalized spacial score (nSPS) is 17.2. The zero-order chi connectivity index (χ0) is 22.9. The van der Waals surface area contributed by atoms with Crippen LogP contribution in [0.1, 0.15) is 29.6 Å². The summed E-state index contributed by atoms with van der Waals surface area (Å²) in [4.78, 5) is 33.0. The fourth-order valence-electron chi connectivity index (χ4n) is 3.87. The summed E-state index contributed by atoms with van der Waals surface area (Å²) in [5.74, 6) is -5.61. The molecule has 0 bridgehead atoms. The number of hydrogen-bond acceptors (Lipinski definition) is 4. The number of alkyl halides is 2. The minimum absolute atomic E-state index is 0.00556. The largest absolute Gasteiger partial charge is 0.366 e. The fraction of sp³-hybridized carbons (Fsp3) is 0.217. The van der Waals surface area contributed by atoms with Crippen LogP contribution in [0.25, 0.3) is 22.3 Å². The highest BCUT2D eigenvalue weighted by Gasteiger charge is 2.42. The first-order chi connectivity index (χ1) is 15.2. The van der Waals surface area contributed by atoms with Crippen LogP contribution in [0.15, 0.2) is 55.0 Å². The molecule has 32 heavy (non-hydrogen) atoms. The highest BCUT2D eigenvalue weighted by atomic mass is 19.3. The number of nitrogens with one attached hydrogen (secondary N) is 1. The Morgan fingerprint density at radius 3 is 2.56 bits per heavy atom. The van der Waals surface area contributed by atoms with Crippen LogP contribution in [-0.4, -0.2) is 27.7 Å². The topological polar surface area (TPSA) is 98.0 Å². The van der Waals surface area contributed by atoms with Gasteiger partial charge in [-0.05, 0) is 24.6 Å². The van der Waals surface area contributed by atoms with Crippen LogP contribution in [0, 0.1) is 11.7 Å². The van der Waals surface area contributed by atoms with E-state index in [0.29, 0.717) is 16.7 Å². The average Bonchev–Trinajstić information content (AvgIpc) is 3.14. The smallest absolute Gasteiger partial charge is 0.249 e. The number of carbonyl (C=O) groups excluding carboxylic acids is 2. The van der Waals surface area contributed by atoms with Crippen molar-refractivity contribution in [2.75, 3.05) is 5.32 Å². The molecule has 0 spiro atoms. The Bertz CT molecular complexity index is 1200. The number of pyridine rings is 2. The average molecular weight is 440 g/mol. The third kappa shape index (κ3) is 4.32. The molecule has 1 unspecified atom stereocenters. The van der Waals surface area contributed by atoms with E-state index in [2.05, 4.69) is 15.3 Å². The summed E-state index contributed by atoms with van der Waals surface area (Å²) in [7, 11) is 0. The Labute approximate surface area is 181 Å². The summed E-state index contributed by atoms with van der Waals surface area (Å²) in [6.07, 6.45) is 3.31. The van der Waals surface area contributed by atoms with Gasteiger partial charge in [0.2, 0.25) is 17.7 Å². The van der Waals surface area contributed by atoms with Crippen molar-refractivity contribution in [1.82, 2.24) is 9.97 Å². The molecular weight excluding hydrogens is 421 g/mol. The summed E-state index contributed by atoms with van der Waals surface area (Å²) in [5, 5.41) is 2.56. The number of rotatable bonds is 5. The van der Waals surface area contributed by atoms with Crippen molar-refractivity contribution in [2.24, 2.45) is 11.7 Å². The first-order valence-electron chi connectivity index (χ1n) is 9.93. The Hall–Kier alpha value is -3.75. The molecule has 0 aliphatic heterocycles. The number of carbonyl (C=O) groups is 2. The van der Waals surface area contributed by atoms with Crippen molar-refractivity contribution in [3.8, 4) is 22.3 Å². The highest BCUT2D eigenvalue weighted by molar-refractivity contribution is 6.05. The van der Waals surface area contributed by atoms with Gasteiger partial charge in [0.15, 0.2) is 0 Å². The molecule has 1 saturated carbocycles. The third-order valence-electron chi connectivity index (χ3n) is 5.44. The summed E-state index contributed by atoms with van der Waals surface area (Å²) in [6.45, 7) is 0. The zero-order valence-electron chi connectivity index (χ0n) is 16.8. The monoisotopic (exact) mass is 440 g/mol. The number of anilines is 1. The lowest BCUT2D eigenvalue weighted by atomic mass is 9.98. The molecule has 1 aliphatic rings. The van der Waals surface area contributed by atoms with E-state index in [0.717, 1.165) is 0 Å². The molecule has 0 saturated heterocycles. The van der Waals surface area contributed by atoms with Crippen molar-refractivity contribution in [3.63, 3.8) is 0 Å². The molecule has 1 aromatic carbocycles. The van der Waals surface area contributed by atoms with E-state index < -0.39 is 35.9 Å². The molecule has 3 aromatic rings. The first-order valence-corrected chi connectivity index (χ1v) is 9.93. The van der Waals surface area contributed by atoms with Crippen LogP contribution in [0.4, 0.5) is 19.0 Å². The van der Waals surface area contributed by atoms with Gasteiger partial charge in [-0.25, -0.2) is 18.2 Å². The fourth-order valence-corrected chi connectivity index (χ4v) is 3.87. The number of hydrogen-bond donors (Lipinski definition) is 2. The molecule has 1 atom stereocenters. The lowest BCUT2D eigenvalue weighted by Crippen LogP contribution is -2.24. The molecule has 2 amide bonds. The standard InChI is InChI=1S/C23H19F3N4O2/c24-18-4-2-1-3-16(18)14-9-15(12-28-11-14)19-17(20(27)31)6-8-29-21(19)30-22(32)13-5-7-23(25,26)10-13/h1-4,6,8-9,11-13H,5,7,10H2,(H2,27,31)(H,29,30,32). The van der Waals surface area contributed by atoms with Gasteiger partial charge < -0.3 is 11.1 Å². The van der Waals surface area contributed by atoms with E-state index in [-0.39, 0.29) is 29.8 Å². The van der Waals surface area contributed by atoms with Crippen LogP contribution in [0.3, 0.4) is 0 Å². The molecule has 3 N–H and O–H groups in total. The predicted octanol–water partition coefficient (Wildman–Crippen LogP) is 4.42. The van der Waals surface area contributed by atoms with E-state index in [1.165, 1.54) is 30.7 Å². The van der Waals surface area contributed by atoms with Gasteiger partial charge >= 0.3 is 0 Å². The second kappa shape index (κ2) is 8.41. The Kier molecular flexibility index (Phi) is 5.65. The second-order valence-electron chi connectivity index (χ2n) is 7.67. The molecule has 4 rings (SSSR count). The molecule has 9 heteroatoms. The van der Waals surface area contributed by atoms with Gasteiger partial charge in [-0.1, -0.05) is 18.2 Å². The van der Waals surface area contributed by atoms with Gasteiger partial charge in [0.1, 0.15) is 11.6 Å². The van der Waals surface area contributed by atoms with Gasteiger partial charge in [0, 0.05) is 59.6 Å². The van der Waals surface area contributed by atoms with Crippen LogP contribution in [0.2, 0.25) is 0 Å². The van der Waals surface area contributed by atoms with Gasteiger partial charge in [0.05, 0.1) is 5.56 Å².